The van der Waals surface area contributed by atoms with Crippen molar-refractivity contribution < 1.29 is 14.6 Å². The minimum absolute atomic E-state index is 0.0328. The van der Waals surface area contributed by atoms with E-state index < -0.39 is 5.97 Å². The van der Waals surface area contributed by atoms with Gasteiger partial charge in [0.1, 0.15) is 0 Å². The molecule has 2 aliphatic heterocycles. The van der Waals surface area contributed by atoms with Gasteiger partial charge in [0.2, 0.25) is 0 Å². The van der Waals surface area contributed by atoms with E-state index in [0.717, 1.165) is 25.9 Å². The molecule has 0 saturated carbocycles. The lowest BCUT2D eigenvalue weighted by molar-refractivity contribution is -0.144. The number of hydrogen-bond acceptors (Lipinski definition) is 3. The van der Waals surface area contributed by atoms with Gasteiger partial charge in [0, 0.05) is 6.61 Å². The molecule has 0 bridgehead atoms. The van der Waals surface area contributed by atoms with E-state index >= 15 is 0 Å². The average molecular weight is 199 g/mol. The van der Waals surface area contributed by atoms with Gasteiger partial charge < -0.3 is 15.2 Å². The predicted molar refractivity (Wildman–Crippen MR) is 51.1 cm³/mol. The van der Waals surface area contributed by atoms with Crippen molar-refractivity contribution in [3.05, 3.63) is 0 Å². The lowest BCUT2D eigenvalue weighted by atomic mass is 9.85. The zero-order chi connectivity index (χ0) is 9.97. The van der Waals surface area contributed by atoms with Gasteiger partial charge in [-0.1, -0.05) is 0 Å². The zero-order valence-corrected chi connectivity index (χ0v) is 8.24. The van der Waals surface area contributed by atoms with E-state index in [-0.39, 0.29) is 12.0 Å². The molecule has 4 nitrogen and oxygen atoms in total. The third kappa shape index (κ3) is 1.91. The summed E-state index contributed by atoms with van der Waals surface area (Å²) in [5.74, 6) is -0.510. The van der Waals surface area contributed by atoms with Gasteiger partial charge in [-0.25, -0.2) is 0 Å². The molecule has 14 heavy (non-hydrogen) atoms. The van der Waals surface area contributed by atoms with E-state index in [0.29, 0.717) is 18.9 Å². The quantitative estimate of drug-likeness (QED) is 0.679. The number of nitrogens with one attached hydrogen (secondary N) is 1. The van der Waals surface area contributed by atoms with Crippen molar-refractivity contribution in [3.8, 4) is 0 Å². The highest BCUT2D eigenvalue weighted by atomic mass is 16.5. The van der Waals surface area contributed by atoms with E-state index in [1.165, 1.54) is 0 Å². The summed E-state index contributed by atoms with van der Waals surface area (Å²) in [6.07, 6.45) is 2.75. The van der Waals surface area contributed by atoms with Crippen LogP contribution in [0.3, 0.4) is 0 Å². The van der Waals surface area contributed by atoms with Crippen LogP contribution in [0.4, 0.5) is 0 Å². The molecule has 0 aliphatic carbocycles. The Morgan fingerprint density at radius 2 is 2.00 bits per heavy atom. The smallest absolute Gasteiger partial charge is 0.309 e. The molecule has 2 rings (SSSR count). The lowest BCUT2D eigenvalue weighted by Gasteiger charge is -2.29. The molecule has 80 valence electrons. The van der Waals surface area contributed by atoms with Gasteiger partial charge in [-0.15, -0.1) is 0 Å². The van der Waals surface area contributed by atoms with Gasteiger partial charge in [-0.05, 0) is 38.3 Å². The summed E-state index contributed by atoms with van der Waals surface area (Å²) < 4.78 is 5.56. The highest BCUT2D eigenvalue weighted by molar-refractivity contribution is 5.71. The molecule has 2 heterocycles. The van der Waals surface area contributed by atoms with Crippen molar-refractivity contribution >= 4 is 5.97 Å². The first-order valence-corrected chi connectivity index (χ1v) is 5.34. The number of carboxylic acids is 1. The van der Waals surface area contributed by atoms with Crippen LogP contribution in [0.5, 0.6) is 0 Å². The maximum atomic E-state index is 11.0. The minimum atomic E-state index is -0.689. The molecule has 0 aromatic carbocycles. The van der Waals surface area contributed by atoms with Crippen LogP contribution in [-0.4, -0.2) is 36.9 Å². The van der Waals surface area contributed by atoms with Crippen molar-refractivity contribution in [2.24, 2.45) is 11.8 Å². The van der Waals surface area contributed by atoms with Gasteiger partial charge in [0.25, 0.3) is 0 Å². The molecule has 2 aliphatic rings. The first-order chi connectivity index (χ1) is 6.79. The van der Waals surface area contributed by atoms with Gasteiger partial charge >= 0.3 is 5.97 Å². The first kappa shape index (κ1) is 9.93. The Kier molecular flexibility index (Phi) is 3.03. The first-order valence-electron chi connectivity index (χ1n) is 5.34. The molecule has 0 amide bonds. The Hall–Kier alpha value is -0.610. The number of ether oxygens (including phenoxy) is 1. The second kappa shape index (κ2) is 4.28. The van der Waals surface area contributed by atoms with Crippen LogP contribution in [0, 0.1) is 11.8 Å². The Balaban J connectivity index is 1.97. The molecule has 2 atom stereocenters. The molecule has 0 aromatic rings. The molecule has 2 fully saturated rings. The van der Waals surface area contributed by atoms with Crippen LogP contribution >= 0.6 is 0 Å². The Labute approximate surface area is 83.6 Å². The molecular weight excluding hydrogens is 182 g/mol. The van der Waals surface area contributed by atoms with E-state index in [1.807, 2.05) is 0 Å². The molecule has 4 heteroatoms. The second-order valence-corrected chi connectivity index (χ2v) is 4.16. The maximum absolute atomic E-state index is 11.0. The summed E-state index contributed by atoms with van der Waals surface area (Å²) in [5.41, 5.74) is 0. The predicted octanol–water partition coefficient (Wildman–Crippen LogP) is 0.476. The van der Waals surface area contributed by atoms with Crippen LogP contribution < -0.4 is 5.32 Å². The standard InChI is InChI=1S/C10H17NO3/c12-10(13)8-3-6-14-9(8)7-1-4-11-5-2-7/h7-9,11H,1-6H2,(H,12,13)/t8-,9-/m1/s1. The highest BCUT2D eigenvalue weighted by Gasteiger charge is 2.39. The highest BCUT2D eigenvalue weighted by Crippen LogP contribution is 2.31. The van der Waals surface area contributed by atoms with Crippen molar-refractivity contribution in [3.63, 3.8) is 0 Å². The van der Waals surface area contributed by atoms with E-state index in [4.69, 9.17) is 9.84 Å². The molecule has 2 saturated heterocycles. The van der Waals surface area contributed by atoms with Gasteiger partial charge in [0.05, 0.1) is 12.0 Å². The third-order valence-electron chi connectivity index (χ3n) is 3.30. The Morgan fingerprint density at radius 3 is 2.64 bits per heavy atom. The second-order valence-electron chi connectivity index (χ2n) is 4.16. The van der Waals surface area contributed by atoms with Gasteiger partial charge in [-0.2, -0.15) is 0 Å². The van der Waals surface area contributed by atoms with Crippen LogP contribution in [0.2, 0.25) is 0 Å². The number of rotatable bonds is 2. The number of carboxylic acid groups (broad SMARTS) is 1. The van der Waals surface area contributed by atoms with Crippen molar-refractivity contribution in [2.75, 3.05) is 19.7 Å². The van der Waals surface area contributed by atoms with E-state index in [2.05, 4.69) is 5.32 Å². The van der Waals surface area contributed by atoms with Gasteiger partial charge in [-0.3, -0.25) is 4.79 Å². The van der Waals surface area contributed by atoms with E-state index in [9.17, 15) is 4.79 Å². The van der Waals surface area contributed by atoms with Gasteiger partial charge in [0.15, 0.2) is 0 Å². The zero-order valence-electron chi connectivity index (χ0n) is 8.24. The summed E-state index contributed by atoms with van der Waals surface area (Å²) in [5, 5.41) is 12.3. The Bertz CT molecular complexity index is 213. The molecule has 2 N–H and O–H groups in total. The summed E-state index contributed by atoms with van der Waals surface area (Å²) in [6.45, 7) is 2.61. The summed E-state index contributed by atoms with van der Waals surface area (Å²) >= 11 is 0. The minimum Gasteiger partial charge on any atom is -0.481 e. The number of aliphatic carboxylic acids is 1. The van der Waals surface area contributed by atoms with Crippen LogP contribution in [0.15, 0.2) is 0 Å². The molecule has 0 unspecified atom stereocenters. The summed E-state index contributed by atoms with van der Waals surface area (Å²) in [4.78, 5) is 11.0. The number of hydrogen-bond donors (Lipinski definition) is 2. The fraction of sp³-hybridized carbons (Fsp3) is 0.900. The Morgan fingerprint density at radius 1 is 1.29 bits per heavy atom. The fourth-order valence-electron chi connectivity index (χ4n) is 2.51. The topological polar surface area (TPSA) is 58.6 Å². The molecule has 0 radical (unpaired) electrons. The summed E-state index contributed by atoms with van der Waals surface area (Å²) in [7, 11) is 0. The molecule has 0 aromatic heterocycles. The van der Waals surface area contributed by atoms with Crippen molar-refractivity contribution in [2.45, 2.75) is 25.4 Å². The fourth-order valence-corrected chi connectivity index (χ4v) is 2.51. The normalized spacial score (nSPS) is 34.6. The number of piperidine rings is 1. The average Bonchev–Trinajstić information content (AvgIpc) is 2.67. The van der Waals surface area contributed by atoms with Crippen molar-refractivity contribution in [1.82, 2.24) is 5.32 Å². The van der Waals surface area contributed by atoms with Crippen LogP contribution in [0.25, 0.3) is 0 Å². The lowest BCUT2D eigenvalue weighted by Crippen LogP contribution is -2.38. The van der Waals surface area contributed by atoms with Crippen LogP contribution in [0.1, 0.15) is 19.3 Å². The maximum Gasteiger partial charge on any atom is 0.309 e. The van der Waals surface area contributed by atoms with E-state index in [1.54, 1.807) is 0 Å². The summed E-state index contributed by atoms with van der Waals surface area (Å²) in [6, 6.07) is 0. The molecular formula is C10H17NO3. The van der Waals surface area contributed by atoms with Crippen molar-refractivity contribution in [1.29, 1.82) is 0 Å². The number of carbonyl (C=O) groups is 1. The molecule has 0 spiro atoms. The SMILES string of the molecule is O=C(O)[C@@H]1CCO[C@@H]1C1CCNCC1. The third-order valence-corrected chi connectivity index (χ3v) is 3.30. The largest absolute Gasteiger partial charge is 0.481 e. The van der Waals surface area contributed by atoms with Crippen LogP contribution in [-0.2, 0) is 9.53 Å². The monoisotopic (exact) mass is 199 g/mol.